The van der Waals surface area contributed by atoms with Gasteiger partial charge in [0.1, 0.15) is 5.82 Å². The van der Waals surface area contributed by atoms with Crippen LogP contribution in [0.3, 0.4) is 0 Å². The molecule has 0 aliphatic carbocycles. The normalized spacial score (nSPS) is 12.7. The van der Waals surface area contributed by atoms with Crippen molar-refractivity contribution in [2.24, 2.45) is 0 Å². The van der Waals surface area contributed by atoms with Gasteiger partial charge < -0.3 is 0 Å². The van der Waals surface area contributed by atoms with Crippen molar-refractivity contribution in [1.82, 2.24) is 0 Å². The molecular weight excluding hydrogens is 264 g/mol. The number of halogens is 4. The number of benzene rings is 1. The van der Waals surface area contributed by atoms with Crippen molar-refractivity contribution in [2.75, 3.05) is 6.61 Å². The van der Waals surface area contributed by atoms with Crippen LogP contribution in [0.5, 0.6) is 0 Å². The van der Waals surface area contributed by atoms with Crippen LogP contribution in [0.15, 0.2) is 24.3 Å². The Morgan fingerprint density at radius 2 is 1.65 bits per heavy atom. The monoisotopic (exact) mass is 272 g/mol. The summed E-state index contributed by atoms with van der Waals surface area (Å²) in [5.74, 6) is -0.488. The molecule has 0 aliphatic rings. The zero-order chi connectivity index (χ0) is 13.1. The third kappa shape index (κ3) is 3.97. The van der Waals surface area contributed by atoms with Gasteiger partial charge in [-0.2, -0.15) is 21.6 Å². The second-order valence-corrected chi connectivity index (χ2v) is 4.71. The van der Waals surface area contributed by atoms with Crippen LogP contribution in [0.2, 0.25) is 0 Å². The van der Waals surface area contributed by atoms with E-state index < -0.39 is 28.1 Å². The Morgan fingerprint density at radius 3 is 2.12 bits per heavy atom. The van der Waals surface area contributed by atoms with Crippen molar-refractivity contribution in [3.8, 4) is 0 Å². The Bertz CT molecular complexity index is 464. The van der Waals surface area contributed by atoms with Gasteiger partial charge in [0, 0.05) is 0 Å². The van der Waals surface area contributed by atoms with E-state index in [9.17, 15) is 26.0 Å². The van der Waals surface area contributed by atoms with Gasteiger partial charge in [-0.1, -0.05) is 12.1 Å². The molecule has 0 bridgehead atoms. The Balaban J connectivity index is 2.52. The Labute approximate surface area is 95.1 Å². The smallest absolute Gasteiger partial charge is 0.263 e. The van der Waals surface area contributed by atoms with Crippen molar-refractivity contribution >= 4 is 10.1 Å². The quantitative estimate of drug-likeness (QED) is 0.479. The first-order chi connectivity index (χ1) is 7.72. The molecule has 0 heterocycles. The topological polar surface area (TPSA) is 43.4 Å². The van der Waals surface area contributed by atoms with Gasteiger partial charge in [-0.05, 0) is 24.1 Å². The Morgan fingerprint density at radius 1 is 1.12 bits per heavy atom. The van der Waals surface area contributed by atoms with E-state index in [1.165, 1.54) is 12.1 Å². The molecule has 1 aromatic carbocycles. The molecule has 1 rings (SSSR count). The molecule has 96 valence electrons. The second kappa shape index (κ2) is 5.01. The molecule has 0 atom stereocenters. The molecule has 0 aliphatic heterocycles. The summed E-state index contributed by atoms with van der Waals surface area (Å²) in [5.41, 5.74) is -4.95. The van der Waals surface area contributed by atoms with Crippen LogP contribution in [-0.4, -0.2) is 20.5 Å². The highest BCUT2D eigenvalue weighted by molar-refractivity contribution is 7.87. The number of hydrogen-bond donors (Lipinski definition) is 0. The van der Waals surface area contributed by atoms with Gasteiger partial charge in [0.2, 0.25) is 0 Å². The summed E-state index contributed by atoms with van der Waals surface area (Å²) < 4.78 is 72.8. The first-order valence-corrected chi connectivity index (χ1v) is 5.83. The molecule has 0 radical (unpaired) electrons. The molecule has 17 heavy (non-hydrogen) atoms. The van der Waals surface area contributed by atoms with E-state index in [-0.39, 0.29) is 6.42 Å². The van der Waals surface area contributed by atoms with Crippen LogP contribution < -0.4 is 0 Å². The van der Waals surface area contributed by atoms with Gasteiger partial charge in [0.25, 0.3) is 0 Å². The minimum Gasteiger partial charge on any atom is -0.263 e. The van der Waals surface area contributed by atoms with E-state index >= 15 is 0 Å². The molecule has 0 spiro atoms. The summed E-state index contributed by atoms with van der Waals surface area (Å²) in [6.45, 7) is -0.645. The average molecular weight is 272 g/mol. The number of rotatable bonds is 4. The fraction of sp³-hybridized carbons (Fsp3) is 0.333. The van der Waals surface area contributed by atoms with E-state index in [1.54, 1.807) is 0 Å². The SMILES string of the molecule is O=S(=O)(OCCc1ccc(F)cc1)C(F)(F)F. The zero-order valence-electron chi connectivity index (χ0n) is 8.37. The standard InChI is InChI=1S/C9H8F4O3S/c10-8-3-1-7(2-4-8)5-6-16-17(14,15)9(11,12)13/h1-4H,5-6H2. The maximum Gasteiger partial charge on any atom is 0.523 e. The van der Waals surface area contributed by atoms with Crippen molar-refractivity contribution < 1.29 is 30.2 Å². The Hall–Kier alpha value is -1.15. The van der Waals surface area contributed by atoms with Gasteiger partial charge in [-0.3, -0.25) is 4.18 Å². The Kier molecular flexibility index (Phi) is 4.10. The highest BCUT2D eigenvalue weighted by Crippen LogP contribution is 2.24. The molecule has 8 heteroatoms. The molecule has 0 N–H and O–H groups in total. The lowest BCUT2D eigenvalue weighted by molar-refractivity contribution is -0.0541. The number of hydrogen-bond acceptors (Lipinski definition) is 3. The van der Waals surface area contributed by atoms with Gasteiger partial charge >= 0.3 is 15.6 Å². The lowest BCUT2D eigenvalue weighted by Crippen LogP contribution is -2.26. The van der Waals surface area contributed by atoms with Crippen LogP contribution in [0.25, 0.3) is 0 Å². The number of alkyl halides is 3. The molecule has 1 aromatic rings. The molecule has 0 saturated carbocycles. The van der Waals surface area contributed by atoms with E-state index in [2.05, 4.69) is 4.18 Å². The molecule has 0 unspecified atom stereocenters. The predicted molar refractivity (Wildman–Crippen MR) is 51.0 cm³/mol. The summed E-state index contributed by atoms with van der Waals surface area (Å²) in [6, 6.07) is 4.90. The molecule has 0 amide bonds. The van der Waals surface area contributed by atoms with E-state index in [0.717, 1.165) is 12.1 Å². The van der Waals surface area contributed by atoms with Gasteiger partial charge in [0.05, 0.1) is 6.61 Å². The summed E-state index contributed by atoms with van der Waals surface area (Å²) in [5, 5.41) is 0. The molecule has 0 saturated heterocycles. The van der Waals surface area contributed by atoms with Crippen LogP contribution in [0, 0.1) is 5.82 Å². The zero-order valence-corrected chi connectivity index (χ0v) is 9.18. The van der Waals surface area contributed by atoms with E-state index in [4.69, 9.17) is 0 Å². The van der Waals surface area contributed by atoms with Crippen LogP contribution in [0.4, 0.5) is 17.6 Å². The van der Waals surface area contributed by atoms with E-state index in [1.807, 2.05) is 0 Å². The van der Waals surface area contributed by atoms with Crippen molar-refractivity contribution in [3.63, 3.8) is 0 Å². The van der Waals surface area contributed by atoms with Gasteiger partial charge in [-0.15, -0.1) is 0 Å². The minimum atomic E-state index is -5.55. The average Bonchev–Trinajstić information content (AvgIpc) is 2.19. The summed E-state index contributed by atoms with van der Waals surface area (Å²) in [7, 11) is -5.55. The largest absolute Gasteiger partial charge is 0.523 e. The van der Waals surface area contributed by atoms with Gasteiger partial charge in [0.15, 0.2) is 0 Å². The molecule has 3 nitrogen and oxygen atoms in total. The minimum absolute atomic E-state index is 0.0599. The first kappa shape index (κ1) is 13.9. The summed E-state index contributed by atoms with van der Waals surface area (Å²) >= 11 is 0. The third-order valence-corrected chi connectivity index (χ3v) is 2.87. The van der Waals surface area contributed by atoms with E-state index in [0.29, 0.717) is 5.56 Å². The summed E-state index contributed by atoms with van der Waals surface area (Å²) in [6.07, 6.45) is -0.0599. The highest BCUT2D eigenvalue weighted by Gasteiger charge is 2.47. The molecular formula is C9H8F4O3S. The van der Waals surface area contributed by atoms with Crippen LogP contribution in [0.1, 0.15) is 5.56 Å². The lowest BCUT2D eigenvalue weighted by Gasteiger charge is -2.08. The predicted octanol–water partition coefficient (Wildman–Crippen LogP) is 2.23. The highest BCUT2D eigenvalue weighted by atomic mass is 32.2. The second-order valence-electron chi connectivity index (χ2n) is 3.10. The van der Waals surface area contributed by atoms with Crippen LogP contribution in [-0.2, 0) is 20.7 Å². The van der Waals surface area contributed by atoms with Crippen molar-refractivity contribution in [2.45, 2.75) is 11.9 Å². The summed E-state index contributed by atoms with van der Waals surface area (Å²) in [4.78, 5) is 0. The maximum atomic E-state index is 12.5. The maximum absolute atomic E-state index is 12.5. The first-order valence-electron chi connectivity index (χ1n) is 4.42. The molecule has 0 aromatic heterocycles. The fourth-order valence-corrected chi connectivity index (χ4v) is 1.42. The third-order valence-electron chi connectivity index (χ3n) is 1.83. The van der Waals surface area contributed by atoms with Crippen LogP contribution >= 0.6 is 0 Å². The molecule has 0 fully saturated rings. The van der Waals surface area contributed by atoms with Crippen molar-refractivity contribution in [1.29, 1.82) is 0 Å². The van der Waals surface area contributed by atoms with Crippen molar-refractivity contribution in [3.05, 3.63) is 35.6 Å². The lowest BCUT2D eigenvalue weighted by atomic mass is 10.2. The fourth-order valence-electron chi connectivity index (χ4n) is 0.987. The van der Waals surface area contributed by atoms with Gasteiger partial charge in [-0.25, -0.2) is 4.39 Å².